The van der Waals surface area contributed by atoms with Crippen molar-refractivity contribution in [3.05, 3.63) is 95.1 Å². The Morgan fingerprint density at radius 2 is 1.55 bits per heavy atom. The van der Waals surface area contributed by atoms with Crippen LogP contribution in [-0.4, -0.2) is 61.2 Å². The maximum absolute atomic E-state index is 13.8. The number of aliphatic hydroxyl groups is 2. The molecule has 1 aliphatic carbocycles. The van der Waals surface area contributed by atoms with Gasteiger partial charge in [0.15, 0.2) is 0 Å². The topological polar surface area (TPSA) is 140 Å². The minimum absolute atomic E-state index is 0.0350. The largest absolute Gasteiger partial charge is 0.508 e. The zero-order valence-corrected chi connectivity index (χ0v) is 24.2. The van der Waals surface area contributed by atoms with Crippen molar-refractivity contribution in [3.8, 4) is 11.5 Å². The number of rotatable bonds is 10. The molecule has 0 heterocycles. The normalized spacial score (nSPS) is 17.6. The van der Waals surface area contributed by atoms with Gasteiger partial charge in [0.05, 0.1) is 24.3 Å². The van der Waals surface area contributed by atoms with Gasteiger partial charge in [-0.15, -0.1) is 0 Å². The molecule has 2 amide bonds. The van der Waals surface area contributed by atoms with E-state index in [1.54, 1.807) is 62.1 Å². The summed E-state index contributed by atoms with van der Waals surface area (Å²) in [6.07, 6.45) is -1.87. The fourth-order valence-electron chi connectivity index (χ4n) is 5.31. The number of nitrogens with one attached hydrogen (secondary N) is 1. The van der Waals surface area contributed by atoms with Crippen molar-refractivity contribution in [2.45, 2.75) is 82.9 Å². The van der Waals surface area contributed by atoms with Gasteiger partial charge in [-0.1, -0.05) is 48.5 Å². The predicted octanol–water partition coefficient (Wildman–Crippen LogP) is 4.36. The number of aromatic hydroxyl groups is 2. The van der Waals surface area contributed by atoms with Gasteiger partial charge in [0.2, 0.25) is 5.91 Å². The van der Waals surface area contributed by atoms with Crippen LogP contribution >= 0.6 is 0 Å². The maximum Gasteiger partial charge on any atom is 0.407 e. The number of alkyl carbamates (subject to hydrolysis) is 1. The van der Waals surface area contributed by atoms with E-state index in [4.69, 9.17) is 4.74 Å². The summed E-state index contributed by atoms with van der Waals surface area (Å²) in [7, 11) is 0. The first kappa shape index (κ1) is 30.9. The average molecular weight is 577 g/mol. The Kier molecular flexibility index (Phi) is 9.75. The Hall–Kier alpha value is -4.08. The maximum atomic E-state index is 13.8. The number of hydrogen-bond acceptors (Lipinski definition) is 7. The number of fused-ring (bicyclic) bond motifs is 1. The molecule has 9 nitrogen and oxygen atoms in total. The van der Waals surface area contributed by atoms with Crippen LogP contribution in [0, 0.1) is 0 Å². The number of aliphatic hydroxyl groups excluding tert-OH is 2. The summed E-state index contributed by atoms with van der Waals surface area (Å²) in [6.45, 7) is 5.44. The van der Waals surface area contributed by atoms with E-state index in [0.29, 0.717) is 6.42 Å². The standard InChI is InChI=1S/C33H40N2O7/c1-33(2,3)42-32(41)34-27(18-21-8-12-24(36)13-9-21)28(38)16-17-30(40)35(20-22-10-14-25(37)15-11-22)31-26-7-5-4-6-23(26)19-29(31)39/h4-15,27-29,31,36-39H,16-20H2,1-3H3,(H,34,41)/t27-,28-,29+,31-/m0/s1. The second-order valence-electron chi connectivity index (χ2n) is 11.8. The molecule has 0 aliphatic heterocycles. The zero-order valence-electron chi connectivity index (χ0n) is 24.2. The van der Waals surface area contributed by atoms with E-state index >= 15 is 0 Å². The van der Waals surface area contributed by atoms with Gasteiger partial charge < -0.3 is 35.4 Å². The lowest BCUT2D eigenvalue weighted by Crippen LogP contribution is -2.47. The minimum Gasteiger partial charge on any atom is -0.508 e. The third-order valence-corrected chi connectivity index (χ3v) is 7.33. The van der Waals surface area contributed by atoms with E-state index in [2.05, 4.69) is 5.32 Å². The third-order valence-electron chi connectivity index (χ3n) is 7.33. The molecule has 9 heteroatoms. The van der Waals surface area contributed by atoms with Gasteiger partial charge >= 0.3 is 6.09 Å². The molecule has 3 aromatic carbocycles. The van der Waals surface area contributed by atoms with Gasteiger partial charge in [-0.25, -0.2) is 4.79 Å². The van der Waals surface area contributed by atoms with E-state index in [1.807, 2.05) is 24.3 Å². The fraction of sp³-hybridized carbons (Fsp3) is 0.394. The van der Waals surface area contributed by atoms with Crippen molar-refractivity contribution in [2.24, 2.45) is 0 Å². The van der Waals surface area contributed by atoms with E-state index in [1.165, 1.54) is 12.1 Å². The lowest BCUT2D eigenvalue weighted by Gasteiger charge is -2.33. The van der Waals surface area contributed by atoms with Crippen molar-refractivity contribution in [1.29, 1.82) is 0 Å². The molecule has 0 radical (unpaired) electrons. The average Bonchev–Trinajstić information content (AvgIpc) is 3.26. The molecule has 4 rings (SSSR count). The number of carbonyl (C=O) groups excluding carboxylic acids is 2. The fourth-order valence-corrected chi connectivity index (χ4v) is 5.31. The molecule has 0 unspecified atom stereocenters. The van der Waals surface area contributed by atoms with Crippen LogP contribution in [0.25, 0.3) is 0 Å². The van der Waals surface area contributed by atoms with Crippen LogP contribution in [0.2, 0.25) is 0 Å². The van der Waals surface area contributed by atoms with Crippen LogP contribution in [-0.2, 0) is 28.9 Å². The molecule has 3 aromatic rings. The number of hydrogen-bond donors (Lipinski definition) is 5. The highest BCUT2D eigenvalue weighted by molar-refractivity contribution is 5.77. The van der Waals surface area contributed by atoms with E-state index in [0.717, 1.165) is 22.3 Å². The Balaban J connectivity index is 1.52. The second kappa shape index (κ2) is 13.3. The lowest BCUT2D eigenvalue weighted by atomic mass is 9.97. The van der Waals surface area contributed by atoms with Crippen molar-refractivity contribution < 1.29 is 34.8 Å². The number of ether oxygens (including phenoxy) is 1. The smallest absolute Gasteiger partial charge is 0.407 e. The highest BCUT2D eigenvalue weighted by Crippen LogP contribution is 2.37. The molecule has 224 valence electrons. The number of phenolic OH excluding ortho intramolecular Hbond substituents is 2. The SMILES string of the molecule is CC(C)(C)OC(=O)N[C@@H](Cc1ccc(O)cc1)[C@@H](O)CCC(=O)N(Cc1ccc(O)cc1)[C@H]1c2ccccc2C[C@H]1O. The van der Waals surface area contributed by atoms with Gasteiger partial charge in [0.25, 0.3) is 0 Å². The molecule has 0 fully saturated rings. The van der Waals surface area contributed by atoms with Crippen LogP contribution in [0.1, 0.15) is 61.9 Å². The van der Waals surface area contributed by atoms with Crippen LogP contribution < -0.4 is 5.32 Å². The summed E-state index contributed by atoms with van der Waals surface area (Å²) in [4.78, 5) is 28.0. The summed E-state index contributed by atoms with van der Waals surface area (Å²) in [5, 5.41) is 44.4. The molecule has 0 saturated heterocycles. The molecule has 42 heavy (non-hydrogen) atoms. The molecule has 0 saturated carbocycles. The summed E-state index contributed by atoms with van der Waals surface area (Å²) < 4.78 is 5.40. The highest BCUT2D eigenvalue weighted by Gasteiger charge is 2.38. The van der Waals surface area contributed by atoms with Crippen LogP contribution in [0.15, 0.2) is 72.8 Å². The highest BCUT2D eigenvalue weighted by atomic mass is 16.6. The van der Waals surface area contributed by atoms with Crippen molar-refractivity contribution >= 4 is 12.0 Å². The third kappa shape index (κ3) is 8.24. The zero-order chi connectivity index (χ0) is 30.4. The number of nitrogens with zero attached hydrogens (tertiary/aromatic N) is 1. The first-order chi connectivity index (χ1) is 19.9. The Morgan fingerprint density at radius 3 is 2.17 bits per heavy atom. The summed E-state index contributed by atoms with van der Waals surface area (Å²) in [6, 6.07) is 19.4. The Morgan fingerprint density at radius 1 is 0.952 bits per heavy atom. The minimum atomic E-state index is -1.09. The first-order valence-corrected chi connectivity index (χ1v) is 14.2. The van der Waals surface area contributed by atoms with Gasteiger partial charge in [-0.05, 0) is 80.1 Å². The summed E-state index contributed by atoms with van der Waals surface area (Å²) in [5.41, 5.74) is 2.69. The molecule has 5 N–H and O–H groups in total. The summed E-state index contributed by atoms with van der Waals surface area (Å²) >= 11 is 0. The molecular formula is C33H40N2O7. The van der Waals surface area contributed by atoms with Gasteiger partial charge in [-0.2, -0.15) is 0 Å². The number of phenols is 2. The molecule has 1 aliphatic rings. The second-order valence-corrected chi connectivity index (χ2v) is 11.8. The van der Waals surface area contributed by atoms with Crippen molar-refractivity contribution in [3.63, 3.8) is 0 Å². The molecule has 0 bridgehead atoms. The van der Waals surface area contributed by atoms with E-state index in [9.17, 15) is 30.0 Å². The van der Waals surface area contributed by atoms with Gasteiger partial charge in [0, 0.05) is 19.4 Å². The quantitative estimate of drug-likeness (QED) is 0.242. The summed E-state index contributed by atoms with van der Waals surface area (Å²) in [5.74, 6) is -0.0439. The van der Waals surface area contributed by atoms with Crippen molar-refractivity contribution in [2.75, 3.05) is 0 Å². The van der Waals surface area contributed by atoms with Crippen molar-refractivity contribution in [1.82, 2.24) is 10.2 Å². The molecule has 4 atom stereocenters. The first-order valence-electron chi connectivity index (χ1n) is 14.2. The number of carbonyl (C=O) groups is 2. The molecule has 0 spiro atoms. The van der Waals surface area contributed by atoms with E-state index < -0.39 is 36.0 Å². The van der Waals surface area contributed by atoms with Crippen LogP contribution in [0.3, 0.4) is 0 Å². The predicted molar refractivity (Wildman–Crippen MR) is 158 cm³/mol. The Labute approximate surface area is 246 Å². The number of amides is 2. The Bertz CT molecular complexity index is 1350. The number of benzene rings is 3. The molecule has 0 aromatic heterocycles. The van der Waals surface area contributed by atoms with Gasteiger partial charge in [0.1, 0.15) is 17.1 Å². The van der Waals surface area contributed by atoms with E-state index in [-0.39, 0.29) is 43.2 Å². The van der Waals surface area contributed by atoms with Crippen LogP contribution in [0.4, 0.5) is 4.79 Å². The van der Waals surface area contributed by atoms with Gasteiger partial charge in [-0.3, -0.25) is 4.79 Å². The molecular weight excluding hydrogens is 536 g/mol. The van der Waals surface area contributed by atoms with Crippen LogP contribution in [0.5, 0.6) is 11.5 Å². The monoisotopic (exact) mass is 576 g/mol. The lowest BCUT2D eigenvalue weighted by molar-refractivity contribution is -0.137.